The van der Waals surface area contributed by atoms with Crippen LogP contribution >= 0.6 is 0 Å². The normalized spacial score (nSPS) is 10.6. The van der Waals surface area contributed by atoms with Gasteiger partial charge in [-0.2, -0.15) is 5.26 Å². The van der Waals surface area contributed by atoms with Crippen LogP contribution < -0.4 is 0 Å². The highest BCUT2D eigenvalue weighted by molar-refractivity contribution is 7.94. The van der Waals surface area contributed by atoms with Gasteiger partial charge in [-0.25, -0.2) is 8.42 Å². The zero-order valence-corrected chi connectivity index (χ0v) is 8.37. The summed E-state index contributed by atoms with van der Waals surface area (Å²) in [7, 11) is -3.56. The van der Waals surface area contributed by atoms with Crippen LogP contribution in [0.4, 0.5) is 0 Å². The summed E-state index contributed by atoms with van der Waals surface area (Å²) in [4.78, 5) is 3.80. The second-order valence-corrected chi connectivity index (χ2v) is 4.51. The lowest BCUT2D eigenvalue weighted by molar-refractivity contribution is 0.604. The largest absolute Gasteiger partial charge is 0.260 e. The molecular formula is C9H8N2O2S. The fourth-order valence-corrected chi connectivity index (χ4v) is 1.86. The number of sulfone groups is 1. The van der Waals surface area contributed by atoms with Crippen LogP contribution in [-0.4, -0.2) is 13.4 Å². The molecule has 0 aliphatic rings. The van der Waals surface area contributed by atoms with Crippen molar-refractivity contribution in [3.8, 4) is 6.07 Å². The molecule has 0 aliphatic carbocycles. The maximum Gasteiger partial charge on any atom is 0.200 e. The van der Waals surface area contributed by atoms with E-state index in [1.165, 1.54) is 12.3 Å². The van der Waals surface area contributed by atoms with Gasteiger partial charge in [-0.3, -0.25) is 4.98 Å². The van der Waals surface area contributed by atoms with Gasteiger partial charge in [0.2, 0.25) is 9.84 Å². The minimum atomic E-state index is -3.56. The van der Waals surface area contributed by atoms with Crippen molar-refractivity contribution in [1.29, 1.82) is 5.26 Å². The molecule has 0 spiro atoms. The van der Waals surface area contributed by atoms with E-state index in [2.05, 4.69) is 11.6 Å². The standard InChI is InChI=1S/C9H8N2O2S/c1-3-14(12,13)9-4-7(2)11-6-8(9)5-10/h3-4,6H,1H2,2H3. The molecular weight excluding hydrogens is 200 g/mol. The average Bonchev–Trinajstić information content (AvgIpc) is 2.18. The number of pyridine rings is 1. The van der Waals surface area contributed by atoms with Crippen molar-refractivity contribution < 1.29 is 8.42 Å². The number of rotatable bonds is 2. The van der Waals surface area contributed by atoms with Crippen molar-refractivity contribution in [3.05, 3.63) is 35.5 Å². The molecule has 0 saturated heterocycles. The van der Waals surface area contributed by atoms with Crippen LogP contribution in [0, 0.1) is 18.3 Å². The molecule has 1 aromatic heterocycles. The topological polar surface area (TPSA) is 70.8 Å². The Bertz CT molecular complexity index is 512. The molecule has 1 rings (SSSR count). The summed E-state index contributed by atoms with van der Waals surface area (Å²) in [6.45, 7) is 4.85. The first-order valence-corrected chi connectivity index (χ1v) is 5.30. The van der Waals surface area contributed by atoms with Crippen LogP contribution in [0.15, 0.2) is 29.1 Å². The lowest BCUT2D eigenvalue weighted by atomic mass is 10.3. The summed E-state index contributed by atoms with van der Waals surface area (Å²) in [6.07, 6.45) is 1.24. The van der Waals surface area contributed by atoms with E-state index in [0.717, 1.165) is 5.41 Å². The summed E-state index contributed by atoms with van der Waals surface area (Å²) < 4.78 is 22.9. The van der Waals surface area contributed by atoms with Crippen LogP contribution in [0.3, 0.4) is 0 Å². The van der Waals surface area contributed by atoms with Gasteiger partial charge in [0.15, 0.2) is 0 Å². The van der Waals surface area contributed by atoms with Crippen LogP contribution in [0.5, 0.6) is 0 Å². The third kappa shape index (κ3) is 1.80. The zero-order chi connectivity index (χ0) is 10.8. The zero-order valence-electron chi connectivity index (χ0n) is 7.56. The van der Waals surface area contributed by atoms with E-state index in [9.17, 15) is 8.42 Å². The van der Waals surface area contributed by atoms with Gasteiger partial charge >= 0.3 is 0 Å². The van der Waals surface area contributed by atoms with Crippen molar-refractivity contribution in [2.24, 2.45) is 0 Å². The second-order valence-electron chi connectivity index (χ2n) is 2.65. The highest BCUT2D eigenvalue weighted by Crippen LogP contribution is 2.16. The summed E-state index contributed by atoms with van der Waals surface area (Å²) in [5, 5.41) is 9.50. The number of hydrogen-bond donors (Lipinski definition) is 0. The minimum absolute atomic E-state index is 0.0375. The Morgan fingerprint density at radius 2 is 2.29 bits per heavy atom. The van der Waals surface area contributed by atoms with E-state index in [0.29, 0.717) is 5.69 Å². The Balaban J connectivity index is 3.56. The Morgan fingerprint density at radius 3 is 2.79 bits per heavy atom. The molecule has 0 amide bonds. The second kappa shape index (κ2) is 3.60. The molecule has 0 fully saturated rings. The summed E-state index contributed by atoms with van der Waals surface area (Å²) in [5.41, 5.74) is 0.583. The van der Waals surface area contributed by atoms with Crippen LogP contribution in [0.2, 0.25) is 0 Å². The molecule has 0 unspecified atom stereocenters. The fraction of sp³-hybridized carbons (Fsp3) is 0.111. The Kier molecular flexibility index (Phi) is 2.68. The lowest BCUT2D eigenvalue weighted by Gasteiger charge is -2.01. The van der Waals surface area contributed by atoms with Gasteiger partial charge in [-0.15, -0.1) is 0 Å². The highest BCUT2D eigenvalue weighted by atomic mass is 32.2. The van der Waals surface area contributed by atoms with Gasteiger partial charge < -0.3 is 0 Å². The molecule has 1 aromatic rings. The first-order valence-electron chi connectivity index (χ1n) is 3.75. The average molecular weight is 208 g/mol. The third-order valence-electron chi connectivity index (χ3n) is 1.65. The van der Waals surface area contributed by atoms with Crippen molar-refractivity contribution in [1.82, 2.24) is 4.98 Å². The number of nitriles is 1. The summed E-state index contributed by atoms with van der Waals surface area (Å²) >= 11 is 0. The molecule has 0 saturated carbocycles. The highest BCUT2D eigenvalue weighted by Gasteiger charge is 2.15. The van der Waals surface area contributed by atoms with E-state index in [1.807, 2.05) is 0 Å². The summed E-state index contributed by atoms with van der Waals surface area (Å²) in [6, 6.07) is 3.13. The smallest absolute Gasteiger partial charge is 0.200 e. The van der Waals surface area contributed by atoms with Gasteiger partial charge in [0.1, 0.15) is 6.07 Å². The quantitative estimate of drug-likeness (QED) is 0.731. The molecule has 0 atom stereocenters. The number of hydrogen-bond acceptors (Lipinski definition) is 4. The van der Waals surface area contributed by atoms with E-state index < -0.39 is 9.84 Å². The number of aryl methyl sites for hydroxylation is 1. The molecule has 4 nitrogen and oxygen atoms in total. The Hall–Kier alpha value is -1.67. The molecule has 5 heteroatoms. The molecule has 14 heavy (non-hydrogen) atoms. The molecule has 0 bridgehead atoms. The van der Waals surface area contributed by atoms with Gasteiger partial charge in [0, 0.05) is 17.3 Å². The number of nitrogens with zero attached hydrogens (tertiary/aromatic N) is 2. The van der Waals surface area contributed by atoms with Gasteiger partial charge in [-0.1, -0.05) is 6.58 Å². The van der Waals surface area contributed by atoms with Gasteiger partial charge in [0.25, 0.3) is 0 Å². The first kappa shape index (κ1) is 10.4. The van der Waals surface area contributed by atoms with E-state index in [1.54, 1.807) is 13.0 Å². The third-order valence-corrected chi connectivity index (χ3v) is 3.04. The minimum Gasteiger partial charge on any atom is -0.260 e. The molecule has 72 valence electrons. The maximum atomic E-state index is 11.4. The lowest BCUT2D eigenvalue weighted by Crippen LogP contribution is -2.01. The van der Waals surface area contributed by atoms with Gasteiger partial charge in [-0.05, 0) is 13.0 Å². The maximum absolute atomic E-state index is 11.4. The van der Waals surface area contributed by atoms with Crippen LogP contribution in [0.25, 0.3) is 0 Å². The van der Waals surface area contributed by atoms with E-state index >= 15 is 0 Å². The molecule has 0 N–H and O–H groups in total. The molecule has 0 radical (unpaired) electrons. The van der Waals surface area contributed by atoms with Gasteiger partial charge in [0.05, 0.1) is 10.5 Å². The Labute approximate surface area is 82.4 Å². The predicted octanol–water partition coefficient (Wildman–Crippen LogP) is 1.18. The molecule has 0 aliphatic heterocycles. The predicted molar refractivity (Wildman–Crippen MR) is 51.1 cm³/mol. The number of aromatic nitrogens is 1. The van der Waals surface area contributed by atoms with E-state index in [-0.39, 0.29) is 10.5 Å². The molecule has 1 heterocycles. The first-order chi connectivity index (χ1) is 6.51. The fourth-order valence-electron chi connectivity index (χ4n) is 0.944. The van der Waals surface area contributed by atoms with E-state index in [4.69, 9.17) is 5.26 Å². The Morgan fingerprint density at radius 1 is 1.64 bits per heavy atom. The monoisotopic (exact) mass is 208 g/mol. The van der Waals surface area contributed by atoms with Crippen molar-refractivity contribution in [2.45, 2.75) is 11.8 Å². The van der Waals surface area contributed by atoms with Crippen molar-refractivity contribution >= 4 is 9.84 Å². The SMILES string of the molecule is C=CS(=O)(=O)c1cc(C)ncc1C#N. The van der Waals surface area contributed by atoms with Crippen LogP contribution in [0.1, 0.15) is 11.3 Å². The summed E-state index contributed by atoms with van der Waals surface area (Å²) in [5.74, 6) is 0. The van der Waals surface area contributed by atoms with Crippen LogP contribution in [-0.2, 0) is 9.84 Å². The molecule has 0 aromatic carbocycles. The van der Waals surface area contributed by atoms with Crippen molar-refractivity contribution in [2.75, 3.05) is 0 Å². The van der Waals surface area contributed by atoms with Crippen molar-refractivity contribution in [3.63, 3.8) is 0 Å².